The van der Waals surface area contributed by atoms with Gasteiger partial charge in [-0.1, -0.05) is 5.16 Å². The molecule has 0 amide bonds. The number of halogens is 3. The third kappa shape index (κ3) is 4.42. The Kier molecular flexibility index (Phi) is 5.65. The summed E-state index contributed by atoms with van der Waals surface area (Å²) in [6, 6.07) is 12.9. The number of alkyl halides is 3. The predicted octanol–water partition coefficient (Wildman–Crippen LogP) is 5.33. The first-order valence-electron chi connectivity index (χ1n) is 8.55. The van der Waals surface area contributed by atoms with Crippen LogP contribution in [-0.2, 0) is 15.9 Å². The number of rotatable bonds is 5. The highest BCUT2D eigenvalue weighted by Crippen LogP contribution is 2.31. The van der Waals surface area contributed by atoms with Crippen LogP contribution in [0.25, 0.3) is 11.4 Å². The van der Waals surface area contributed by atoms with E-state index in [1.54, 1.807) is 43.5 Å². The van der Waals surface area contributed by atoms with E-state index in [4.69, 9.17) is 4.74 Å². The first-order chi connectivity index (χ1) is 13.6. The average Bonchev–Trinajstić information content (AvgIpc) is 3.19. The Hall–Kier alpha value is -2.88. The SMILES string of the molecule is COc1ccc(S(=O)(=Nc2ccc(-c3noc(C(F)(F)F)n3)cc2)C(C)C)cc1. The van der Waals surface area contributed by atoms with E-state index in [0.29, 0.717) is 21.9 Å². The molecule has 0 saturated carbocycles. The van der Waals surface area contributed by atoms with Gasteiger partial charge >= 0.3 is 12.1 Å². The largest absolute Gasteiger partial charge is 0.497 e. The normalized spacial score (nSPS) is 13.9. The summed E-state index contributed by atoms with van der Waals surface area (Å²) in [5.74, 6) is -0.964. The van der Waals surface area contributed by atoms with Gasteiger partial charge in [-0.3, -0.25) is 0 Å². The maximum atomic E-state index is 13.6. The molecule has 0 spiro atoms. The standard InChI is InChI=1S/C19H18F3N3O3S/c1-12(2)29(26,16-10-8-15(27-3)9-11-16)25-14-6-4-13(5-7-14)17-23-18(28-24-17)19(20,21)22/h4-12H,1-3H3. The number of hydrogen-bond acceptors (Lipinski definition) is 6. The summed E-state index contributed by atoms with van der Waals surface area (Å²) < 4.78 is 65.2. The third-order valence-corrected chi connectivity index (χ3v) is 6.78. The Morgan fingerprint density at radius 1 is 1.07 bits per heavy atom. The monoisotopic (exact) mass is 425 g/mol. The Balaban J connectivity index is 1.95. The molecule has 10 heteroatoms. The van der Waals surface area contributed by atoms with E-state index < -0.39 is 21.8 Å². The van der Waals surface area contributed by atoms with Crippen LogP contribution in [0.15, 0.2) is 62.3 Å². The van der Waals surface area contributed by atoms with E-state index in [2.05, 4.69) is 19.0 Å². The smallest absolute Gasteiger partial charge is 0.471 e. The van der Waals surface area contributed by atoms with Crippen LogP contribution in [0.2, 0.25) is 0 Å². The molecule has 0 fully saturated rings. The van der Waals surface area contributed by atoms with Crippen molar-refractivity contribution in [2.75, 3.05) is 7.11 Å². The van der Waals surface area contributed by atoms with Crippen molar-refractivity contribution >= 4 is 15.4 Å². The molecule has 0 aliphatic heterocycles. The van der Waals surface area contributed by atoms with Crippen molar-refractivity contribution in [1.82, 2.24) is 10.1 Å². The van der Waals surface area contributed by atoms with E-state index in [0.717, 1.165) is 0 Å². The molecule has 3 aromatic rings. The molecule has 0 aliphatic rings. The van der Waals surface area contributed by atoms with Crippen LogP contribution in [-0.4, -0.2) is 26.7 Å². The highest BCUT2D eigenvalue weighted by Gasteiger charge is 2.38. The molecule has 1 unspecified atom stereocenters. The average molecular weight is 425 g/mol. The molecular weight excluding hydrogens is 407 g/mol. The topological polar surface area (TPSA) is 77.6 Å². The van der Waals surface area contributed by atoms with Gasteiger partial charge < -0.3 is 9.26 Å². The fourth-order valence-corrected chi connectivity index (χ4v) is 4.31. The number of methoxy groups -OCH3 is 1. The second-order valence-electron chi connectivity index (χ2n) is 6.35. The van der Waals surface area contributed by atoms with Crippen LogP contribution in [0.3, 0.4) is 0 Å². The molecule has 2 aromatic carbocycles. The van der Waals surface area contributed by atoms with Gasteiger partial charge in [-0.15, -0.1) is 0 Å². The lowest BCUT2D eigenvalue weighted by Gasteiger charge is -2.15. The van der Waals surface area contributed by atoms with Gasteiger partial charge in [0.2, 0.25) is 5.82 Å². The summed E-state index contributed by atoms with van der Waals surface area (Å²) in [6.07, 6.45) is -4.71. The highest BCUT2D eigenvalue weighted by molar-refractivity contribution is 7.94. The molecule has 0 N–H and O–H groups in total. The van der Waals surface area contributed by atoms with Crippen LogP contribution in [0, 0.1) is 0 Å². The Morgan fingerprint density at radius 3 is 2.17 bits per heavy atom. The number of nitrogens with zero attached hydrogens (tertiary/aromatic N) is 3. The lowest BCUT2D eigenvalue weighted by Crippen LogP contribution is -2.13. The molecule has 0 aliphatic carbocycles. The summed E-state index contributed by atoms with van der Waals surface area (Å²) in [5.41, 5.74) is 0.742. The van der Waals surface area contributed by atoms with Crippen molar-refractivity contribution in [3.63, 3.8) is 0 Å². The second-order valence-corrected chi connectivity index (χ2v) is 9.09. The number of ether oxygens (including phenoxy) is 1. The summed E-state index contributed by atoms with van der Waals surface area (Å²) in [6.45, 7) is 3.62. The van der Waals surface area contributed by atoms with E-state index in [9.17, 15) is 17.4 Å². The fourth-order valence-electron chi connectivity index (χ4n) is 2.48. The quantitative estimate of drug-likeness (QED) is 0.552. The maximum Gasteiger partial charge on any atom is 0.471 e. The van der Waals surface area contributed by atoms with Gasteiger partial charge in [-0.2, -0.15) is 22.5 Å². The lowest BCUT2D eigenvalue weighted by atomic mass is 10.2. The molecule has 6 nitrogen and oxygen atoms in total. The zero-order valence-electron chi connectivity index (χ0n) is 15.8. The summed E-state index contributed by atoms with van der Waals surface area (Å²) in [5, 5.41) is 3.07. The summed E-state index contributed by atoms with van der Waals surface area (Å²) >= 11 is 0. The first-order valence-corrected chi connectivity index (χ1v) is 10.1. The summed E-state index contributed by atoms with van der Waals surface area (Å²) in [4.78, 5) is 3.91. The van der Waals surface area contributed by atoms with Gasteiger partial charge in [0.1, 0.15) is 5.75 Å². The van der Waals surface area contributed by atoms with Crippen LogP contribution < -0.4 is 4.74 Å². The summed E-state index contributed by atoms with van der Waals surface area (Å²) in [7, 11) is -1.24. The molecule has 1 heterocycles. The van der Waals surface area contributed by atoms with Gasteiger partial charge in [0, 0.05) is 15.7 Å². The fraction of sp³-hybridized carbons (Fsp3) is 0.263. The van der Waals surface area contributed by atoms with Crippen LogP contribution in [0.4, 0.5) is 18.9 Å². The van der Waals surface area contributed by atoms with Crippen molar-refractivity contribution in [3.05, 3.63) is 54.4 Å². The van der Waals surface area contributed by atoms with Gasteiger partial charge in [0.05, 0.1) is 22.5 Å². The van der Waals surface area contributed by atoms with Gasteiger partial charge in [0.15, 0.2) is 0 Å². The molecule has 0 bridgehead atoms. The van der Waals surface area contributed by atoms with Crippen molar-refractivity contribution in [2.24, 2.45) is 4.36 Å². The third-order valence-electron chi connectivity index (χ3n) is 4.07. The minimum atomic E-state index is -4.71. The zero-order chi connectivity index (χ0) is 21.2. The van der Waals surface area contributed by atoms with E-state index in [1.165, 1.54) is 12.1 Å². The molecule has 154 valence electrons. The van der Waals surface area contributed by atoms with Crippen molar-refractivity contribution in [3.8, 4) is 17.1 Å². The first kappa shape index (κ1) is 20.8. The predicted molar refractivity (Wildman–Crippen MR) is 101 cm³/mol. The minimum absolute atomic E-state index is 0.191. The molecular formula is C19H18F3N3O3S. The highest BCUT2D eigenvalue weighted by atomic mass is 32.2. The number of hydrogen-bond donors (Lipinski definition) is 0. The molecule has 1 atom stereocenters. The van der Waals surface area contributed by atoms with Crippen LogP contribution in [0.1, 0.15) is 19.7 Å². The molecule has 1 aromatic heterocycles. The molecule has 3 rings (SSSR count). The molecule has 29 heavy (non-hydrogen) atoms. The van der Waals surface area contributed by atoms with Gasteiger partial charge in [0.25, 0.3) is 0 Å². The van der Waals surface area contributed by atoms with Crippen molar-refractivity contribution in [1.29, 1.82) is 0 Å². The number of benzene rings is 2. The second kappa shape index (κ2) is 7.86. The van der Waals surface area contributed by atoms with Crippen molar-refractivity contribution < 1.29 is 26.6 Å². The Morgan fingerprint density at radius 2 is 1.69 bits per heavy atom. The van der Waals surface area contributed by atoms with Crippen LogP contribution in [0.5, 0.6) is 5.75 Å². The number of aromatic nitrogens is 2. The van der Waals surface area contributed by atoms with E-state index in [1.807, 2.05) is 13.8 Å². The minimum Gasteiger partial charge on any atom is -0.497 e. The van der Waals surface area contributed by atoms with Gasteiger partial charge in [-0.05, 0) is 62.4 Å². The lowest BCUT2D eigenvalue weighted by molar-refractivity contribution is -0.159. The zero-order valence-corrected chi connectivity index (χ0v) is 16.6. The van der Waals surface area contributed by atoms with E-state index >= 15 is 0 Å². The molecule has 0 saturated heterocycles. The van der Waals surface area contributed by atoms with Gasteiger partial charge in [-0.25, -0.2) is 4.21 Å². The van der Waals surface area contributed by atoms with E-state index in [-0.39, 0.29) is 11.1 Å². The molecule has 0 radical (unpaired) electrons. The Labute approximate surface area is 165 Å². The van der Waals surface area contributed by atoms with Crippen LogP contribution >= 0.6 is 0 Å². The maximum absolute atomic E-state index is 13.6. The van der Waals surface area contributed by atoms with Crippen molar-refractivity contribution in [2.45, 2.75) is 30.2 Å². The Bertz CT molecular complexity index is 1100.